The summed E-state index contributed by atoms with van der Waals surface area (Å²) in [7, 11) is 0. The van der Waals surface area contributed by atoms with Crippen molar-refractivity contribution in [2.75, 3.05) is 11.9 Å². The van der Waals surface area contributed by atoms with E-state index in [0.29, 0.717) is 23.3 Å². The van der Waals surface area contributed by atoms with Crippen LogP contribution in [-0.2, 0) is 4.79 Å². The van der Waals surface area contributed by atoms with Gasteiger partial charge in [0.2, 0.25) is 6.10 Å². The minimum Gasteiger partial charge on any atom is -0.485 e. The molecular weight excluding hydrogens is 438 g/mol. The molecular formula is C29H27N3O3. The van der Waals surface area contributed by atoms with E-state index in [1.165, 1.54) is 11.1 Å². The summed E-state index contributed by atoms with van der Waals surface area (Å²) in [6.45, 7) is 2.06. The van der Waals surface area contributed by atoms with Gasteiger partial charge < -0.3 is 14.8 Å². The first-order valence-electron chi connectivity index (χ1n) is 12.0. The van der Waals surface area contributed by atoms with E-state index in [0.717, 1.165) is 23.4 Å². The van der Waals surface area contributed by atoms with Gasteiger partial charge in [-0.15, -0.1) is 0 Å². The van der Waals surface area contributed by atoms with Crippen molar-refractivity contribution in [3.63, 3.8) is 0 Å². The van der Waals surface area contributed by atoms with Gasteiger partial charge in [-0.3, -0.25) is 4.79 Å². The molecule has 0 radical (unpaired) electrons. The fraction of sp³-hybridized carbons (Fsp3) is 0.241. The molecule has 6 rings (SSSR count). The molecule has 3 aromatic rings. The van der Waals surface area contributed by atoms with Crippen LogP contribution >= 0.6 is 0 Å². The van der Waals surface area contributed by atoms with Crippen LogP contribution in [0.4, 0.5) is 5.69 Å². The van der Waals surface area contributed by atoms with Crippen LogP contribution in [0, 0.1) is 5.92 Å². The summed E-state index contributed by atoms with van der Waals surface area (Å²) in [5, 5.41) is 8.14. The number of fused-ring (bicyclic) bond motifs is 4. The Balaban J connectivity index is 1.19. The van der Waals surface area contributed by atoms with E-state index in [9.17, 15) is 4.79 Å². The zero-order chi connectivity index (χ0) is 23.8. The molecule has 2 aliphatic heterocycles. The number of amides is 1. The maximum atomic E-state index is 12.7. The van der Waals surface area contributed by atoms with Gasteiger partial charge >= 0.3 is 0 Å². The third-order valence-electron chi connectivity index (χ3n) is 7.07. The smallest absolute Gasteiger partial charge is 0.284 e. The summed E-state index contributed by atoms with van der Waals surface area (Å²) in [6, 6.07) is 24.6. The van der Waals surface area contributed by atoms with Crippen molar-refractivity contribution in [2.45, 2.75) is 31.4 Å². The fourth-order valence-electron chi connectivity index (χ4n) is 5.23. The summed E-state index contributed by atoms with van der Waals surface area (Å²) >= 11 is 0. The van der Waals surface area contributed by atoms with Crippen LogP contribution in [0.3, 0.4) is 0 Å². The van der Waals surface area contributed by atoms with Gasteiger partial charge in [-0.25, -0.2) is 5.43 Å². The maximum absolute atomic E-state index is 12.7. The Kier molecular flexibility index (Phi) is 5.49. The lowest BCUT2D eigenvalue weighted by Crippen LogP contribution is -2.42. The van der Waals surface area contributed by atoms with Gasteiger partial charge in [0.05, 0.1) is 11.8 Å². The van der Waals surface area contributed by atoms with Gasteiger partial charge in [-0.05, 0) is 60.2 Å². The molecule has 0 unspecified atom stereocenters. The molecule has 35 heavy (non-hydrogen) atoms. The third-order valence-corrected chi connectivity index (χ3v) is 7.07. The number of anilines is 1. The summed E-state index contributed by atoms with van der Waals surface area (Å²) in [6.07, 6.45) is 4.93. The van der Waals surface area contributed by atoms with Gasteiger partial charge in [0.1, 0.15) is 6.61 Å². The van der Waals surface area contributed by atoms with E-state index in [4.69, 9.17) is 9.47 Å². The van der Waals surface area contributed by atoms with Crippen LogP contribution in [0.15, 0.2) is 90.0 Å². The molecule has 176 valence electrons. The van der Waals surface area contributed by atoms with Gasteiger partial charge in [-0.1, -0.05) is 60.7 Å². The van der Waals surface area contributed by atoms with Gasteiger partial charge in [-0.2, -0.15) is 5.10 Å². The Labute approximate surface area is 204 Å². The number of carbonyl (C=O) groups excluding carboxylic acids is 1. The second-order valence-corrected chi connectivity index (χ2v) is 9.23. The number of rotatable bonds is 4. The maximum Gasteiger partial charge on any atom is 0.284 e. The van der Waals surface area contributed by atoms with Crippen molar-refractivity contribution in [2.24, 2.45) is 11.0 Å². The lowest BCUT2D eigenvalue weighted by atomic mass is 9.76. The molecule has 3 aliphatic rings. The number of hydrazone groups is 1. The van der Waals surface area contributed by atoms with Crippen molar-refractivity contribution < 1.29 is 14.3 Å². The van der Waals surface area contributed by atoms with Gasteiger partial charge in [0, 0.05) is 11.6 Å². The van der Waals surface area contributed by atoms with Crippen LogP contribution in [0.25, 0.3) is 0 Å². The third kappa shape index (κ3) is 4.05. The topological polar surface area (TPSA) is 72.0 Å². The molecule has 1 amide bonds. The Morgan fingerprint density at radius 3 is 2.69 bits per heavy atom. The highest BCUT2D eigenvalue weighted by Gasteiger charge is 2.38. The monoisotopic (exact) mass is 465 g/mol. The van der Waals surface area contributed by atoms with Crippen molar-refractivity contribution >= 4 is 17.3 Å². The van der Waals surface area contributed by atoms with Gasteiger partial charge in [0.15, 0.2) is 11.5 Å². The van der Waals surface area contributed by atoms with E-state index in [1.54, 1.807) is 6.07 Å². The predicted octanol–water partition coefficient (Wildman–Crippen LogP) is 5.19. The van der Waals surface area contributed by atoms with Crippen molar-refractivity contribution in [3.05, 3.63) is 102 Å². The predicted molar refractivity (Wildman–Crippen MR) is 136 cm³/mol. The molecule has 2 heterocycles. The lowest BCUT2D eigenvalue weighted by Gasteiger charge is -2.37. The number of nitrogens with one attached hydrogen (secondary N) is 2. The van der Waals surface area contributed by atoms with Crippen LogP contribution in [0.2, 0.25) is 0 Å². The molecule has 0 aromatic heterocycles. The standard InChI is InChI=1S/C29H27N3O3/c1-18(31-32-29(33)27-17-34-25-12-5-6-13-26(25)35-27)20-14-15-24-23(16-20)21-10-7-11-22(21)28(30-24)19-8-3-2-4-9-19/h2-10,12-16,21-22,27-28,30H,11,17H2,1H3,(H,32,33)/b31-18-/t21-,22+,27+,28+/m1/s1. The first-order valence-corrected chi connectivity index (χ1v) is 12.0. The van der Waals surface area contributed by atoms with Crippen LogP contribution in [0.1, 0.15) is 42.0 Å². The zero-order valence-electron chi connectivity index (χ0n) is 19.5. The molecule has 3 aromatic carbocycles. The van der Waals surface area contributed by atoms with Crippen LogP contribution in [-0.4, -0.2) is 24.3 Å². The van der Waals surface area contributed by atoms with Crippen LogP contribution in [0.5, 0.6) is 11.5 Å². The number of benzene rings is 3. The number of carbonyl (C=O) groups is 1. The molecule has 2 N–H and O–H groups in total. The molecule has 1 aliphatic carbocycles. The Morgan fingerprint density at radius 2 is 1.83 bits per heavy atom. The Morgan fingerprint density at radius 1 is 1.03 bits per heavy atom. The number of allylic oxidation sites excluding steroid dienone is 2. The van der Waals surface area contributed by atoms with Crippen molar-refractivity contribution in [1.82, 2.24) is 5.43 Å². The van der Waals surface area contributed by atoms with Crippen molar-refractivity contribution in [3.8, 4) is 11.5 Å². The fourth-order valence-corrected chi connectivity index (χ4v) is 5.23. The summed E-state index contributed by atoms with van der Waals surface area (Å²) in [5.41, 5.74) is 8.11. The van der Waals surface area contributed by atoms with E-state index in [1.807, 2.05) is 31.2 Å². The molecule has 4 atom stereocenters. The molecule has 0 spiro atoms. The number of nitrogens with zero attached hydrogens (tertiary/aromatic N) is 1. The highest BCUT2D eigenvalue weighted by atomic mass is 16.6. The summed E-state index contributed by atoms with van der Waals surface area (Å²) < 4.78 is 11.4. The highest BCUT2D eigenvalue weighted by molar-refractivity contribution is 6.00. The minimum absolute atomic E-state index is 0.153. The van der Waals surface area contributed by atoms with Crippen molar-refractivity contribution in [1.29, 1.82) is 0 Å². The first kappa shape index (κ1) is 21.5. The zero-order valence-corrected chi connectivity index (χ0v) is 19.5. The molecule has 0 saturated heterocycles. The molecule has 0 bridgehead atoms. The number of hydrogen-bond acceptors (Lipinski definition) is 5. The number of para-hydroxylation sites is 2. The van der Waals surface area contributed by atoms with E-state index < -0.39 is 6.10 Å². The minimum atomic E-state index is -0.742. The molecule has 0 fully saturated rings. The normalized spacial score (nSPS) is 24.2. The first-order chi connectivity index (χ1) is 17.2. The summed E-state index contributed by atoms with van der Waals surface area (Å²) in [5.74, 6) is 1.71. The summed E-state index contributed by atoms with van der Waals surface area (Å²) in [4.78, 5) is 12.7. The highest BCUT2D eigenvalue weighted by Crippen LogP contribution is 2.49. The Bertz CT molecular complexity index is 1320. The molecule has 6 nitrogen and oxygen atoms in total. The lowest BCUT2D eigenvalue weighted by molar-refractivity contribution is -0.130. The Hall–Kier alpha value is -4.06. The second kappa shape index (κ2) is 8.95. The quantitative estimate of drug-likeness (QED) is 0.316. The largest absolute Gasteiger partial charge is 0.485 e. The van der Waals surface area contributed by atoms with E-state index in [-0.39, 0.29) is 18.6 Å². The van der Waals surface area contributed by atoms with E-state index in [2.05, 4.69) is 70.5 Å². The average Bonchev–Trinajstić information content (AvgIpc) is 3.41. The number of hydrogen-bond donors (Lipinski definition) is 2. The average molecular weight is 466 g/mol. The van der Waals surface area contributed by atoms with Crippen LogP contribution < -0.4 is 20.2 Å². The molecule has 6 heteroatoms. The number of ether oxygens (including phenoxy) is 2. The SMILES string of the molecule is C/C(=N/NC(=O)[C@@H]1COc2ccccc2O1)c1ccc2c(c1)[C@@H]1C=CC[C@@H]1[C@H](c1ccccc1)N2. The van der Waals surface area contributed by atoms with Gasteiger partial charge in [0.25, 0.3) is 5.91 Å². The molecule has 0 saturated carbocycles. The second-order valence-electron chi connectivity index (χ2n) is 9.23. The van der Waals surface area contributed by atoms with E-state index >= 15 is 0 Å².